The third-order valence-corrected chi connectivity index (χ3v) is 4.08. The molecule has 1 unspecified atom stereocenters. The van der Waals surface area contributed by atoms with Gasteiger partial charge in [-0.15, -0.1) is 0 Å². The Balaban J connectivity index is 1.60. The zero-order valence-electron chi connectivity index (χ0n) is 11.5. The number of likely N-dealkylation sites (N-methyl/N-ethyl adjacent to an activating group) is 1. The Bertz CT molecular complexity index is 265. The normalized spacial score (nSPS) is 27.1. The van der Waals surface area contributed by atoms with E-state index in [9.17, 15) is 4.79 Å². The molecule has 0 spiro atoms. The molecule has 0 aromatic carbocycles. The molecule has 1 aliphatic carbocycles. The van der Waals surface area contributed by atoms with Crippen LogP contribution in [0.4, 0.5) is 0 Å². The van der Waals surface area contributed by atoms with E-state index in [1.54, 1.807) is 0 Å². The number of carbonyl (C=O) groups excluding carboxylic acids is 1. The number of carbonyl (C=O) groups is 1. The molecule has 2 rings (SSSR count). The van der Waals surface area contributed by atoms with Gasteiger partial charge in [0.15, 0.2) is 0 Å². The van der Waals surface area contributed by atoms with Crippen LogP contribution >= 0.6 is 0 Å². The number of hydrogen-bond acceptors (Lipinski definition) is 3. The first-order valence-electron chi connectivity index (χ1n) is 7.33. The Hall–Kier alpha value is -0.610. The first-order chi connectivity index (χ1) is 8.75. The zero-order chi connectivity index (χ0) is 12.8. The SMILES string of the molecule is CN1CCOC(CCNC(=O)C2CCCCC2)C1. The Kier molecular flexibility index (Phi) is 5.45. The van der Waals surface area contributed by atoms with Gasteiger partial charge in [-0.05, 0) is 26.3 Å². The van der Waals surface area contributed by atoms with Gasteiger partial charge in [-0.25, -0.2) is 0 Å². The second-order valence-electron chi connectivity index (χ2n) is 5.67. The third kappa shape index (κ3) is 4.25. The Morgan fingerprint density at radius 3 is 2.83 bits per heavy atom. The first kappa shape index (κ1) is 13.8. The van der Waals surface area contributed by atoms with Gasteiger partial charge in [-0.1, -0.05) is 19.3 Å². The van der Waals surface area contributed by atoms with Gasteiger partial charge in [-0.2, -0.15) is 0 Å². The average molecular weight is 254 g/mol. The van der Waals surface area contributed by atoms with E-state index in [-0.39, 0.29) is 17.9 Å². The highest BCUT2D eigenvalue weighted by molar-refractivity contribution is 5.78. The highest BCUT2D eigenvalue weighted by atomic mass is 16.5. The molecule has 0 radical (unpaired) electrons. The second-order valence-corrected chi connectivity index (χ2v) is 5.67. The summed E-state index contributed by atoms with van der Waals surface area (Å²) in [4.78, 5) is 14.2. The Morgan fingerprint density at radius 2 is 2.11 bits per heavy atom. The van der Waals surface area contributed by atoms with Crippen molar-refractivity contribution in [3.8, 4) is 0 Å². The van der Waals surface area contributed by atoms with Crippen LogP contribution in [0.5, 0.6) is 0 Å². The molecular weight excluding hydrogens is 228 g/mol. The number of hydrogen-bond donors (Lipinski definition) is 1. The van der Waals surface area contributed by atoms with E-state index in [0.29, 0.717) is 0 Å². The van der Waals surface area contributed by atoms with Gasteiger partial charge >= 0.3 is 0 Å². The largest absolute Gasteiger partial charge is 0.375 e. The van der Waals surface area contributed by atoms with E-state index in [0.717, 1.165) is 45.5 Å². The highest BCUT2D eigenvalue weighted by Crippen LogP contribution is 2.23. The van der Waals surface area contributed by atoms with Crippen molar-refractivity contribution >= 4 is 5.91 Å². The molecule has 2 aliphatic rings. The quantitative estimate of drug-likeness (QED) is 0.824. The van der Waals surface area contributed by atoms with Gasteiger partial charge in [0.2, 0.25) is 5.91 Å². The van der Waals surface area contributed by atoms with Gasteiger partial charge in [-0.3, -0.25) is 4.79 Å². The van der Waals surface area contributed by atoms with Gasteiger partial charge in [0.05, 0.1) is 12.7 Å². The van der Waals surface area contributed by atoms with E-state index in [1.165, 1.54) is 19.3 Å². The van der Waals surface area contributed by atoms with Crippen molar-refractivity contribution in [2.75, 3.05) is 33.3 Å². The van der Waals surface area contributed by atoms with E-state index < -0.39 is 0 Å². The first-order valence-corrected chi connectivity index (χ1v) is 7.33. The third-order valence-electron chi connectivity index (χ3n) is 4.08. The number of ether oxygens (including phenoxy) is 1. The molecule has 1 saturated heterocycles. The van der Waals surface area contributed by atoms with Gasteiger partial charge < -0.3 is 15.0 Å². The fourth-order valence-corrected chi connectivity index (χ4v) is 2.91. The van der Waals surface area contributed by atoms with Gasteiger partial charge in [0, 0.05) is 25.6 Å². The predicted molar refractivity (Wildman–Crippen MR) is 71.4 cm³/mol. The van der Waals surface area contributed by atoms with E-state index in [4.69, 9.17) is 4.74 Å². The lowest BCUT2D eigenvalue weighted by Gasteiger charge is -2.30. The van der Waals surface area contributed by atoms with Crippen LogP contribution in [0.15, 0.2) is 0 Å². The molecule has 2 fully saturated rings. The van der Waals surface area contributed by atoms with Crippen LogP contribution in [-0.2, 0) is 9.53 Å². The van der Waals surface area contributed by atoms with Crippen molar-refractivity contribution in [1.29, 1.82) is 0 Å². The van der Waals surface area contributed by atoms with Crippen molar-refractivity contribution in [2.24, 2.45) is 5.92 Å². The Morgan fingerprint density at radius 1 is 1.33 bits per heavy atom. The number of morpholine rings is 1. The average Bonchev–Trinajstić information content (AvgIpc) is 2.40. The number of nitrogens with zero attached hydrogens (tertiary/aromatic N) is 1. The number of rotatable bonds is 4. The summed E-state index contributed by atoms with van der Waals surface area (Å²) in [7, 11) is 2.12. The van der Waals surface area contributed by atoms with E-state index >= 15 is 0 Å². The molecule has 4 nitrogen and oxygen atoms in total. The summed E-state index contributed by atoms with van der Waals surface area (Å²) in [5.41, 5.74) is 0. The zero-order valence-corrected chi connectivity index (χ0v) is 11.5. The van der Waals surface area contributed by atoms with Crippen LogP contribution in [0.1, 0.15) is 38.5 Å². The molecule has 104 valence electrons. The molecule has 1 heterocycles. The lowest BCUT2D eigenvalue weighted by atomic mass is 9.88. The minimum Gasteiger partial charge on any atom is -0.375 e. The van der Waals surface area contributed by atoms with Crippen LogP contribution < -0.4 is 5.32 Å². The number of amides is 1. The maximum absolute atomic E-state index is 11.9. The fraction of sp³-hybridized carbons (Fsp3) is 0.929. The maximum atomic E-state index is 11.9. The second kappa shape index (κ2) is 7.10. The van der Waals surface area contributed by atoms with Crippen molar-refractivity contribution in [1.82, 2.24) is 10.2 Å². The van der Waals surface area contributed by atoms with Gasteiger partial charge in [0.1, 0.15) is 0 Å². The molecule has 0 aromatic heterocycles. The summed E-state index contributed by atoms with van der Waals surface area (Å²) < 4.78 is 5.68. The Labute approximate surface area is 110 Å². The van der Waals surface area contributed by atoms with Gasteiger partial charge in [0.25, 0.3) is 0 Å². The molecule has 4 heteroatoms. The highest BCUT2D eigenvalue weighted by Gasteiger charge is 2.21. The molecular formula is C14H26N2O2. The fourth-order valence-electron chi connectivity index (χ4n) is 2.91. The number of nitrogens with one attached hydrogen (secondary N) is 1. The predicted octanol–water partition coefficient (Wildman–Crippen LogP) is 1.40. The van der Waals surface area contributed by atoms with Crippen molar-refractivity contribution in [3.05, 3.63) is 0 Å². The molecule has 1 saturated carbocycles. The molecule has 1 amide bonds. The van der Waals surface area contributed by atoms with Crippen molar-refractivity contribution < 1.29 is 9.53 Å². The standard InChI is InChI=1S/C14H26N2O2/c1-16-9-10-18-13(11-16)7-8-15-14(17)12-5-3-2-4-6-12/h12-13H,2-11H2,1H3,(H,15,17). The molecule has 1 atom stereocenters. The van der Waals surface area contributed by atoms with Crippen molar-refractivity contribution in [2.45, 2.75) is 44.6 Å². The van der Waals surface area contributed by atoms with Crippen LogP contribution in [0.2, 0.25) is 0 Å². The lowest BCUT2D eigenvalue weighted by Crippen LogP contribution is -2.42. The molecule has 0 aromatic rings. The lowest BCUT2D eigenvalue weighted by molar-refractivity contribution is -0.126. The van der Waals surface area contributed by atoms with Crippen LogP contribution in [-0.4, -0.2) is 50.2 Å². The molecule has 1 N–H and O–H groups in total. The van der Waals surface area contributed by atoms with Crippen LogP contribution in [0.3, 0.4) is 0 Å². The maximum Gasteiger partial charge on any atom is 0.223 e. The summed E-state index contributed by atoms with van der Waals surface area (Å²) in [6.45, 7) is 3.58. The summed E-state index contributed by atoms with van der Waals surface area (Å²) in [6, 6.07) is 0. The van der Waals surface area contributed by atoms with Crippen LogP contribution in [0.25, 0.3) is 0 Å². The minimum absolute atomic E-state index is 0.263. The van der Waals surface area contributed by atoms with E-state index in [2.05, 4.69) is 17.3 Å². The summed E-state index contributed by atoms with van der Waals surface area (Å²) in [5.74, 6) is 0.535. The van der Waals surface area contributed by atoms with E-state index in [1.807, 2.05) is 0 Å². The molecule has 0 bridgehead atoms. The monoisotopic (exact) mass is 254 g/mol. The molecule has 18 heavy (non-hydrogen) atoms. The van der Waals surface area contributed by atoms with Crippen LogP contribution in [0, 0.1) is 5.92 Å². The smallest absolute Gasteiger partial charge is 0.223 e. The summed E-state index contributed by atoms with van der Waals surface area (Å²) >= 11 is 0. The summed E-state index contributed by atoms with van der Waals surface area (Å²) in [6.07, 6.45) is 7.11. The molecule has 1 aliphatic heterocycles. The summed E-state index contributed by atoms with van der Waals surface area (Å²) in [5, 5.41) is 3.08. The van der Waals surface area contributed by atoms with Crippen molar-refractivity contribution in [3.63, 3.8) is 0 Å². The topological polar surface area (TPSA) is 41.6 Å². The minimum atomic E-state index is 0.263.